The molecule has 0 aliphatic carbocycles. The first-order valence-corrected chi connectivity index (χ1v) is 9.36. The topological polar surface area (TPSA) is 75.7 Å². The molecule has 1 amide bonds. The van der Waals surface area contributed by atoms with E-state index in [1.165, 1.54) is 50.5 Å². The fraction of sp³-hybridized carbons (Fsp3) is 0.278. The van der Waals surface area contributed by atoms with E-state index in [4.69, 9.17) is 0 Å². The molecule has 0 bridgehead atoms. The van der Waals surface area contributed by atoms with Crippen molar-refractivity contribution in [2.24, 2.45) is 0 Å². The van der Waals surface area contributed by atoms with Crippen LogP contribution >= 0.6 is 0 Å². The molecule has 0 aliphatic rings. The molecule has 0 saturated carbocycles. The largest absolute Gasteiger partial charge is 0.435 e. The number of alkyl halides is 2. The summed E-state index contributed by atoms with van der Waals surface area (Å²) >= 11 is 0. The van der Waals surface area contributed by atoms with Crippen molar-refractivity contribution in [3.63, 3.8) is 0 Å². The number of aryl methyl sites for hydroxylation is 1. The zero-order valence-electron chi connectivity index (χ0n) is 15.3. The van der Waals surface area contributed by atoms with Gasteiger partial charge in [-0.2, -0.15) is 8.78 Å². The number of benzene rings is 2. The predicted molar refractivity (Wildman–Crippen MR) is 97.8 cm³/mol. The molecule has 0 heterocycles. The third-order valence-electron chi connectivity index (χ3n) is 4.01. The van der Waals surface area contributed by atoms with Crippen molar-refractivity contribution < 1.29 is 26.7 Å². The molecule has 2 rings (SSSR count). The van der Waals surface area contributed by atoms with E-state index in [0.29, 0.717) is 11.3 Å². The Kier molecular flexibility index (Phi) is 6.17. The Morgan fingerprint density at radius 3 is 2.22 bits per heavy atom. The predicted octanol–water partition coefficient (Wildman–Crippen LogP) is 3.41. The van der Waals surface area contributed by atoms with Gasteiger partial charge in [-0.3, -0.25) is 4.79 Å². The van der Waals surface area contributed by atoms with Crippen molar-refractivity contribution >= 4 is 21.6 Å². The van der Waals surface area contributed by atoms with Gasteiger partial charge in [-0.05, 0) is 61.4 Å². The fourth-order valence-electron chi connectivity index (χ4n) is 2.30. The van der Waals surface area contributed by atoms with E-state index in [0.717, 1.165) is 9.87 Å². The van der Waals surface area contributed by atoms with Gasteiger partial charge in [0.05, 0.1) is 4.90 Å². The molecular weight excluding hydrogens is 378 g/mol. The van der Waals surface area contributed by atoms with Gasteiger partial charge < -0.3 is 10.1 Å². The Morgan fingerprint density at radius 2 is 1.70 bits per heavy atom. The van der Waals surface area contributed by atoms with Crippen LogP contribution in [-0.2, 0) is 10.0 Å². The highest BCUT2D eigenvalue weighted by Gasteiger charge is 2.20. The van der Waals surface area contributed by atoms with E-state index in [9.17, 15) is 22.0 Å². The molecule has 0 atom stereocenters. The second-order valence-electron chi connectivity index (χ2n) is 6.06. The van der Waals surface area contributed by atoms with Crippen molar-refractivity contribution in [3.8, 4) is 5.75 Å². The minimum atomic E-state index is -3.66. The molecule has 2 aromatic rings. The summed E-state index contributed by atoms with van der Waals surface area (Å²) in [5, 5.41) is 2.67. The van der Waals surface area contributed by atoms with Crippen molar-refractivity contribution in [3.05, 3.63) is 53.1 Å². The third-order valence-corrected chi connectivity index (χ3v) is 5.80. The number of carbonyl (C=O) groups excluding carboxylic acids is 1. The number of amides is 1. The molecular formula is C18H20F2N2O4S. The third kappa shape index (κ3) is 4.81. The van der Waals surface area contributed by atoms with Crippen LogP contribution in [0.1, 0.15) is 21.5 Å². The second-order valence-corrected chi connectivity index (χ2v) is 8.21. The molecule has 0 spiro atoms. The average Bonchev–Trinajstić information content (AvgIpc) is 2.58. The zero-order valence-corrected chi connectivity index (χ0v) is 16.1. The summed E-state index contributed by atoms with van der Waals surface area (Å²) < 4.78 is 54.4. The lowest BCUT2D eigenvalue weighted by molar-refractivity contribution is -0.0498. The number of sulfonamides is 1. The zero-order chi connectivity index (χ0) is 20.4. The van der Waals surface area contributed by atoms with Gasteiger partial charge >= 0.3 is 6.61 Å². The standard InChI is InChI=1S/C18H20F2N2O4S/c1-11-9-15(27(24,25)22(3)4)10-16(12(11)2)21-17(23)13-5-7-14(8-6-13)26-18(19)20/h5-10,18H,1-4H3,(H,21,23). The van der Waals surface area contributed by atoms with E-state index in [1.807, 2.05) is 0 Å². The van der Waals surface area contributed by atoms with Gasteiger partial charge in [-0.15, -0.1) is 0 Å². The Bertz CT molecular complexity index is 943. The highest BCUT2D eigenvalue weighted by molar-refractivity contribution is 7.89. The van der Waals surface area contributed by atoms with Gasteiger partial charge in [0.1, 0.15) is 5.75 Å². The molecule has 2 aromatic carbocycles. The summed E-state index contributed by atoms with van der Waals surface area (Å²) in [6, 6.07) is 8.13. The summed E-state index contributed by atoms with van der Waals surface area (Å²) in [6.45, 7) is 0.559. The highest BCUT2D eigenvalue weighted by atomic mass is 32.2. The minimum absolute atomic E-state index is 0.0616. The minimum Gasteiger partial charge on any atom is -0.435 e. The van der Waals surface area contributed by atoms with Crippen LogP contribution in [0.2, 0.25) is 0 Å². The SMILES string of the molecule is Cc1cc(S(=O)(=O)N(C)C)cc(NC(=O)c2ccc(OC(F)F)cc2)c1C. The Morgan fingerprint density at radius 1 is 1.11 bits per heavy atom. The Hall–Kier alpha value is -2.52. The van der Waals surface area contributed by atoms with Crippen LogP contribution in [-0.4, -0.2) is 39.3 Å². The summed E-state index contributed by atoms with van der Waals surface area (Å²) in [5.74, 6) is -0.562. The maximum absolute atomic E-state index is 12.4. The Labute approximate surface area is 156 Å². The van der Waals surface area contributed by atoms with Gasteiger partial charge in [-0.1, -0.05) is 0 Å². The van der Waals surface area contributed by atoms with Gasteiger partial charge in [0.2, 0.25) is 10.0 Å². The van der Waals surface area contributed by atoms with E-state index < -0.39 is 22.5 Å². The van der Waals surface area contributed by atoms with Crippen LogP contribution in [0.5, 0.6) is 5.75 Å². The second kappa shape index (κ2) is 8.01. The highest BCUT2D eigenvalue weighted by Crippen LogP contribution is 2.26. The summed E-state index contributed by atoms with van der Waals surface area (Å²) in [5.41, 5.74) is 2.00. The number of anilines is 1. The number of halogens is 2. The van der Waals surface area contributed by atoms with Crippen LogP contribution in [0.4, 0.5) is 14.5 Å². The van der Waals surface area contributed by atoms with E-state index in [-0.39, 0.29) is 16.2 Å². The molecule has 0 aromatic heterocycles. The maximum Gasteiger partial charge on any atom is 0.387 e. The Balaban J connectivity index is 2.31. The molecule has 0 saturated heterocycles. The summed E-state index contributed by atoms with van der Waals surface area (Å²) in [4.78, 5) is 12.5. The van der Waals surface area contributed by atoms with E-state index in [1.54, 1.807) is 13.8 Å². The lowest BCUT2D eigenvalue weighted by Crippen LogP contribution is -2.23. The number of rotatable bonds is 6. The monoisotopic (exact) mass is 398 g/mol. The number of nitrogens with zero attached hydrogens (tertiary/aromatic N) is 1. The maximum atomic E-state index is 12.4. The van der Waals surface area contributed by atoms with E-state index in [2.05, 4.69) is 10.1 Å². The molecule has 0 radical (unpaired) electrons. The van der Waals surface area contributed by atoms with Gasteiger partial charge in [0, 0.05) is 25.3 Å². The number of hydrogen-bond donors (Lipinski definition) is 1. The number of carbonyl (C=O) groups is 1. The molecule has 27 heavy (non-hydrogen) atoms. The number of ether oxygens (including phenoxy) is 1. The fourth-order valence-corrected chi connectivity index (χ4v) is 3.31. The molecule has 9 heteroatoms. The van der Waals surface area contributed by atoms with Crippen LogP contribution < -0.4 is 10.1 Å². The van der Waals surface area contributed by atoms with Crippen LogP contribution in [0.25, 0.3) is 0 Å². The summed E-state index contributed by atoms with van der Waals surface area (Å²) in [6.07, 6.45) is 0. The lowest BCUT2D eigenvalue weighted by atomic mass is 10.1. The normalized spacial score (nSPS) is 11.7. The number of nitrogens with one attached hydrogen (secondary N) is 1. The van der Waals surface area contributed by atoms with Crippen LogP contribution in [0.15, 0.2) is 41.3 Å². The quantitative estimate of drug-likeness (QED) is 0.809. The molecule has 0 unspecified atom stereocenters. The van der Waals surface area contributed by atoms with Gasteiger partial charge in [0.25, 0.3) is 5.91 Å². The van der Waals surface area contributed by atoms with Crippen molar-refractivity contribution in [2.75, 3.05) is 19.4 Å². The first-order chi connectivity index (χ1) is 12.5. The first-order valence-electron chi connectivity index (χ1n) is 7.92. The van der Waals surface area contributed by atoms with Crippen molar-refractivity contribution in [2.45, 2.75) is 25.4 Å². The van der Waals surface area contributed by atoms with Gasteiger partial charge in [-0.25, -0.2) is 12.7 Å². The van der Waals surface area contributed by atoms with Crippen LogP contribution in [0.3, 0.4) is 0 Å². The van der Waals surface area contributed by atoms with Crippen molar-refractivity contribution in [1.29, 1.82) is 0 Å². The first kappa shape index (κ1) is 20.8. The molecule has 1 N–H and O–H groups in total. The van der Waals surface area contributed by atoms with Gasteiger partial charge in [0.15, 0.2) is 0 Å². The molecule has 0 fully saturated rings. The number of hydrogen-bond acceptors (Lipinski definition) is 4. The summed E-state index contributed by atoms with van der Waals surface area (Å²) in [7, 11) is -0.817. The van der Waals surface area contributed by atoms with Crippen LogP contribution in [0, 0.1) is 13.8 Å². The molecule has 0 aliphatic heterocycles. The average molecular weight is 398 g/mol. The van der Waals surface area contributed by atoms with E-state index >= 15 is 0 Å². The molecule has 6 nitrogen and oxygen atoms in total. The van der Waals surface area contributed by atoms with Crippen molar-refractivity contribution in [1.82, 2.24) is 4.31 Å². The smallest absolute Gasteiger partial charge is 0.387 e. The molecule has 146 valence electrons. The lowest BCUT2D eigenvalue weighted by Gasteiger charge is -2.16.